The molecule has 4 nitrogen and oxygen atoms in total. The minimum Gasteiger partial charge on any atom is -0.348 e. The molecule has 0 radical (unpaired) electrons. The number of amides is 1. The van der Waals surface area contributed by atoms with Crippen LogP contribution in [0.3, 0.4) is 0 Å². The van der Waals surface area contributed by atoms with Crippen molar-refractivity contribution in [1.29, 1.82) is 0 Å². The molecule has 0 bridgehead atoms. The van der Waals surface area contributed by atoms with E-state index in [1.807, 2.05) is 25.1 Å². The Kier molecular flexibility index (Phi) is 4.53. The maximum Gasteiger partial charge on any atom is 0.226 e. The Labute approximate surface area is 115 Å². The van der Waals surface area contributed by atoms with Crippen LogP contribution in [0.5, 0.6) is 0 Å². The first-order valence-electron chi connectivity index (χ1n) is 7.10. The predicted molar refractivity (Wildman–Crippen MR) is 75.6 cm³/mol. The molecular weight excluding hydrogens is 238 g/mol. The molecule has 1 aliphatic heterocycles. The van der Waals surface area contributed by atoms with Crippen LogP contribution in [-0.4, -0.2) is 24.0 Å². The highest BCUT2D eigenvalue weighted by molar-refractivity contribution is 5.83. The van der Waals surface area contributed by atoms with Crippen molar-refractivity contribution >= 4 is 5.91 Å². The van der Waals surface area contributed by atoms with Gasteiger partial charge in [0, 0.05) is 6.20 Å². The average Bonchev–Trinajstić information content (AvgIpc) is 2.48. The molecule has 1 saturated heterocycles. The number of hydrogen-bond donors (Lipinski definition) is 2. The van der Waals surface area contributed by atoms with Gasteiger partial charge < -0.3 is 10.6 Å². The number of carbonyl (C=O) groups is 1. The van der Waals surface area contributed by atoms with Crippen molar-refractivity contribution in [3.8, 4) is 0 Å². The lowest BCUT2D eigenvalue weighted by Gasteiger charge is -2.36. The Bertz CT molecular complexity index is 413. The van der Waals surface area contributed by atoms with Gasteiger partial charge in [0.1, 0.15) is 0 Å². The van der Waals surface area contributed by atoms with Crippen molar-refractivity contribution in [2.24, 2.45) is 5.41 Å². The van der Waals surface area contributed by atoms with E-state index in [0.717, 1.165) is 38.0 Å². The summed E-state index contributed by atoms with van der Waals surface area (Å²) >= 11 is 0. The lowest BCUT2D eigenvalue weighted by atomic mass is 9.75. The molecule has 4 heteroatoms. The summed E-state index contributed by atoms with van der Waals surface area (Å²) in [6.07, 6.45) is 4.50. The zero-order chi connectivity index (χ0) is 13.7. The van der Waals surface area contributed by atoms with Crippen LogP contribution in [0.2, 0.25) is 0 Å². The summed E-state index contributed by atoms with van der Waals surface area (Å²) in [5.74, 6) is 0.176. The molecule has 1 fully saturated rings. The molecule has 1 aromatic rings. The van der Waals surface area contributed by atoms with Gasteiger partial charge in [0.05, 0.1) is 17.2 Å². The van der Waals surface area contributed by atoms with Crippen molar-refractivity contribution in [2.45, 2.75) is 39.2 Å². The third-order valence-electron chi connectivity index (χ3n) is 4.20. The first kappa shape index (κ1) is 14.0. The summed E-state index contributed by atoms with van der Waals surface area (Å²) in [6.45, 7) is 5.96. The largest absolute Gasteiger partial charge is 0.348 e. The SMILES string of the molecule is CCC1(C(=O)NC(C)c2ccccn2)CCNCC1. The molecule has 1 atom stereocenters. The molecule has 2 rings (SSSR count). The average molecular weight is 261 g/mol. The highest BCUT2D eigenvalue weighted by atomic mass is 16.2. The third-order valence-corrected chi connectivity index (χ3v) is 4.20. The summed E-state index contributed by atoms with van der Waals surface area (Å²) in [5.41, 5.74) is 0.713. The molecule has 0 saturated carbocycles. The van der Waals surface area contributed by atoms with Crippen molar-refractivity contribution in [3.05, 3.63) is 30.1 Å². The minimum absolute atomic E-state index is 0.0352. The van der Waals surface area contributed by atoms with Gasteiger partial charge in [-0.25, -0.2) is 0 Å². The minimum atomic E-state index is -0.200. The van der Waals surface area contributed by atoms with Crippen LogP contribution in [0.1, 0.15) is 44.8 Å². The van der Waals surface area contributed by atoms with Gasteiger partial charge in [-0.2, -0.15) is 0 Å². The third kappa shape index (κ3) is 3.13. The summed E-state index contributed by atoms with van der Waals surface area (Å²) in [7, 11) is 0. The Hall–Kier alpha value is -1.42. The monoisotopic (exact) mass is 261 g/mol. The molecule has 2 N–H and O–H groups in total. The fraction of sp³-hybridized carbons (Fsp3) is 0.600. The second-order valence-electron chi connectivity index (χ2n) is 5.33. The molecular formula is C15H23N3O. The lowest BCUT2D eigenvalue weighted by molar-refractivity contribution is -0.133. The van der Waals surface area contributed by atoms with E-state index in [1.54, 1.807) is 6.20 Å². The Morgan fingerprint density at radius 3 is 2.79 bits per heavy atom. The fourth-order valence-corrected chi connectivity index (χ4v) is 2.70. The first-order chi connectivity index (χ1) is 9.18. The molecule has 1 unspecified atom stereocenters. The second kappa shape index (κ2) is 6.15. The summed E-state index contributed by atoms with van der Waals surface area (Å²) in [4.78, 5) is 16.9. The van der Waals surface area contributed by atoms with Crippen LogP contribution < -0.4 is 10.6 Å². The van der Waals surface area contributed by atoms with Crippen molar-refractivity contribution < 1.29 is 4.79 Å². The normalized spacial score (nSPS) is 19.7. The Morgan fingerprint density at radius 1 is 1.47 bits per heavy atom. The van der Waals surface area contributed by atoms with Gasteiger partial charge in [0.15, 0.2) is 0 Å². The van der Waals surface area contributed by atoms with Gasteiger partial charge in [-0.05, 0) is 51.4 Å². The van der Waals surface area contributed by atoms with E-state index in [2.05, 4.69) is 22.5 Å². The van der Waals surface area contributed by atoms with Crippen LogP contribution in [0, 0.1) is 5.41 Å². The number of pyridine rings is 1. The highest BCUT2D eigenvalue weighted by Crippen LogP contribution is 2.33. The van der Waals surface area contributed by atoms with Gasteiger partial charge >= 0.3 is 0 Å². The van der Waals surface area contributed by atoms with Crippen LogP contribution >= 0.6 is 0 Å². The van der Waals surface area contributed by atoms with E-state index >= 15 is 0 Å². The van der Waals surface area contributed by atoms with Crippen LogP contribution in [0.15, 0.2) is 24.4 Å². The molecule has 1 amide bonds. The molecule has 1 aromatic heterocycles. The molecule has 0 spiro atoms. The molecule has 1 aliphatic rings. The number of carbonyl (C=O) groups excluding carboxylic acids is 1. The van der Waals surface area contributed by atoms with Gasteiger partial charge in [-0.3, -0.25) is 9.78 Å². The zero-order valence-corrected chi connectivity index (χ0v) is 11.8. The number of aromatic nitrogens is 1. The maximum absolute atomic E-state index is 12.6. The zero-order valence-electron chi connectivity index (χ0n) is 11.8. The van der Waals surface area contributed by atoms with E-state index in [-0.39, 0.29) is 17.4 Å². The molecule has 104 valence electrons. The number of nitrogens with zero attached hydrogens (tertiary/aromatic N) is 1. The van der Waals surface area contributed by atoms with Gasteiger partial charge in [0.2, 0.25) is 5.91 Å². The Balaban J connectivity index is 2.03. The van der Waals surface area contributed by atoms with E-state index in [0.29, 0.717) is 0 Å². The van der Waals surface area contributed by atoms with Crippen molar-refractivity contribution in [2.75, 3.05) is 13.1 Å². The summed E-state index contributed by atoms with van der Waals surface area (Å²) in [6, 6.07) is 5.75. The van der Waals surface area contributed by atoms with E-state index in [9.17, 15) is 4.79 Å². The summed E-state index contributed by atoms with van der Waals surface area (Å²) < 4.78 is 0. The van der Waals surface area contributed by atoms with Crippen molar-refractivity contribution in [3.63, 3.8) is 0 Å². The van der Waals surface area contributed by atoms with Gasteiger partial charge in [0.25, 0.3) is 0 Å². The molecule has 0 aromatic carbocycles. The predicted octanol–water partition coefficient (Wildman–Crippen LogP) is 2.04. The summed E-state index contributed by atoms with van der Waals surface area (Å²) in [5, 5.41) is 6.45. The standard InChI is InChI=1S/C15H23N3O/c1-3-15(7-10-16-11-8-15)14(19)18-12(2)13-6-4-5-9-17-13/h4-6,9,12,16H,3,7-8,10-11H2,1-2H3,(H,18,19). The topological polar surface area (TPSA) is 54.0 Å². The maximum atomic E-state index is 12.6. The first-order valence-corrected chi connectivity index (χ1v) is 7.10. The van der Waals surface area contributed by atoms with Crippen LogP contribution in [0.4, 0.5) is 0 Å². The lowest BCUT2D eigenvalue weighted by Crippen LogP contribution is -2.47. The van der Waals surface area contributed by atoms with Crippen molar-refractivity contribution in [1.82, 2.24) is 15.6 Å². The molecule has 0 aliphatic carbocycles. The number of piperidine rings is 1. The van der Waals surface area contributed by atoms with E-state index < -0.39 is 0 Å². The number of hydrogen-bond acceptors (Lipinski definition) is 3. The van der Waals surface area contributed by atoms with Gasteiger partial charge in [-0.1, -0.05) is 13.0 Å². The fourth-order valence-electron chi connectivity index (χ4n) is 2.70. The molecule has 2 heterocycles. The smallest absolute Gasteiger partial charge is 0.226 e. The van der Waals surface area contributed by atoms with E-state index in [4.69, 9.17) is 0 Å². The number of rotatable bonds is 4. The molecule has 19 heavy (non-hydrogen) atoms. The Morgan fingerprint density at radius 2 is 2.21 bits per heavy atom. The second-order valence-corrected chi connectivity index (χ2v) is 5.33. The van der Waals surface area contributed by atoms with Gasteiger partial charge in [-0.15, -0.1) is 0 Å². The highest BCUT2D eigenvalue weighted by Gasteiger charge is 2.38. The number of nitrogens with one attached hydrogen (secondary N) is 2. The quantitative estimate of drug-likeness (QED) is 0.872. The van der Waals surface area contributed by atoms with Crippen LogP contribution in [-0.2, 0) is 4.79 Å². The van der Waals surface area contributed by atoms with Crippen LogP contribution in [0.25, 0.3) is 0 Å². The van der Waals surface area contributed by atoms with E-state index in [1.165, 1.54) is 0 Å².